The van der Waals surface area contributed by atoms with Crippen LogP contribution in [0, 0.1) is 0 Å². The third-order valence-corrected chi connectivity index (χ3v) is 10.5. The number of hydrogen-bond acceptors (Lipinski definition) is 8. The lowest BCUT2D eigenvalue weighted by atomic mass is 10.00. The molecule has 2 aliphatic heterocycles. The van der Waals surface area contributed by atoms with Gasteiger partial charge in [-0.05, 0) is 60.2 Å². The fourth-order valence-corrected chi connectivity index (χ4v) is 7.49. The third-order valence-electron chi connectivity index (χ3n) is 7.96. The fourth-order valence-electron chi connectivity index (χ4n) is 5.56. The van der Waals surface area contributed by atoms with Crippen LogP contribution in [-0.2, 0) is 29.6 Å². The van der Waals surface area contributed by atoms with Gasteiger partial charge >= 0.3 is 0 Å². The van der Waals surface area contributed by atoms with Crippen molar-refractivity contribution in [2.75, 3.05) is 58.6 Å². The first-order valence-electron chi connectivity index (χ1n) is 15.2. The first-order valence-corrected chi connectivity index (χ1v) is 18.5. The largest absolute Gasteiger partial charge is 0.354 e. The maximum absolute atomic E-state index is 13.5. The molecular formula is C34H34N6O6S2. The van der Waals surface area contributed by atoms with Gasteiger partial charge in [0.05, 0.1) is 28.1 Å². The number of benzene rings is 4. The number of nitrogens with zero attached hydrogens (tertiary/aromatic N) is 2. The molecule has 2 aliphatic rings. The van der Waals surface area contributed by atoms with Crippen molar-refractivity contribution in [1.82, 2.24) is 10.2 Å². The highest BCUT2D eigenvalue weighted by molar-refractivity contribution is 7.92. The quantitative estimate of drug-likeness (QED) is 0.184. The highest BCUT2D eigenvalue weighted by Gasteiger charge is 2.31. The van der Waals surface area contributed by atoms with E-state index in [0.29, 0.717) is 65.8 Å². The van der Waals surface area contributed by atoms with E-state index < -0.39 is 26.0 Å². The Balaban J connectivity index is 1.34. The molecule has 0 bridgehead atoms. The van der Waals surface area contributed by atoms with Gasteiger partial charge in [0.25, 0.3) is 15.9 Å². The van der Waals surface area contributed by atoms with E-state index >= 15 is 0 Å². The van der Waals surface area contributed by atoms with E-state index in [2.05, 4.69) is 20.7 Å². The number of para-hydroxylation sites is 1. The van der Waals surface area contributed by atoms with Crippen molar-refractivity contribution in [1.29, 1.82) is 0 Å². The molecule has 4 aromatic carbocycles. The molecule has 4 aromatic rings. The number of carbonyl (C=O) groups excluding carboxylic acids is 2. The molecular weight excluding hydrogens is 653 g/mol. The Morgan fingerprint density at radius 3 is 2.12 bits per heavy atom. The summed E-state index contributed by atoms with van der Waals surface area (Å²) in [5.41, 5.74) is 3.41. The average molecular weight is 687 g/mol. The van der Waals surface area contributed by atoms with Crippen LogP contribution in [0.3, 0.4) is 0 Å². The molecule has 1 fully saturated rings. The van der Waals surface area contributed by atoms with Gasteiger partial charge in [-0.15, -0.1) is 0 Å². The van der Waals surface area contributed by atoms with Crippen molar-refractivity contribution in [2.45, 2.75) is 4.90 Å². The molecule has 248 valence electrons. The summed E-state index contributed by atoms with van der Waals surface area (Å²) < 4.78 is 55.8. The second kappa shape index (κ2) is 13.5. The highest BCUT2D eigenvalue weighted by atomic mass is 32.2. The molecule has 2 amide bonds. The van der Waals surface area contributed by atoms with Crippen LogP contribution in [0.1, 0.15) is 11.1 Å². The second-order valence-electron chi connectivity index (χ2n) is 11.3. The van der Waals surface area contributed by atoms with Crippen LogP contribution in [0.5, 0.6) is 0 Å². The molecule has 0 unspecified atom stereocenters. The molecule has 1 saturated heterocycles. The topological polar surface area (TPSA) is 157 Å². The molecule has 2 heterocycles. The number of fused-ring (bicyclic) bond motifs is 1. The van der Waals surface area contributed by atoms with E-state index in [1.807, 2.05) is 30.3 Å². The van der Waals surface area contributed by atoms with Gasteiger partial charge in [0.2, 0.25) is 15.9 Å². The van der Waals surface area contributed by atoms with E-state index in [4.69, 9.17) is 0 Å². The molecule has 48 heavy (non-hydrogen) atoms. The first kappa shape index (κ1) is 32.7. The number of nitrogens with one attached hydrogen (secondary N) is 4. The van der Waals surface area contributed by atoms with Crippen molar-refractivity contribution < 1.29 is 26.4 Å². The molecule has 12 nitrogen and oxygen atoms in total. The first-order chi connectivity index (χ1) is 23.0. The Morgan fingerprint density at radius 1 is 0.833 bits per heavy atom. The number of amides is 2. The van der Waals surface area contributed by atoms with Crippen molar-refractivity contribution in [3.8, 4) is 0 Å². The molecule has 0 aromatic heterocycles. The standard InChI is InChI=1S/C34H34N6O6S2/c1-47(43,44)40(23-31(41)39-20-18-35-19-21-39)27-14-12-25(13-15-27)36-33(24-8-4-2-5-9-24)32-29-22-28(16-17-30(29)37-34(32)42)48(45,46)38-26-10-6-3-7-11-26/h2-17,22,35-36,38H,18-21,23H2,1H3,(H,37,42). The smallest absolute Gasteiger partial charge is 0.261 e. The summed E-state index contributed by atoms with van der Waals surface area (Å²) in [6.45, 7) is 1.98. The summed E-state index contributed by atoms with van der Waals surface area (Å²) in [6, 6.07) is 28.6. The maximum atomic E-state index is 13.5. The van der Waals surface area contributed by atoms with Crippen LogP contribution < -0.4 is 25.0 Å². The zero-order chi connectivity index (χ0) is 33.9. The second-order valence-corrected chi connectivity index (χ2v) is 14.9. The lowest BCUT2D eigenvalue weighted by molar-refractivity contribution is -0.130. The van der Waals surface area contributed by atoms with Gasteiger partial charge in [-0.2, -0.15) is 0 Å². The lowest BCUT2D eigenvalue weighted by Crippen LogP contribution is -2.50. The van der Waals surface area contributed by atoms with Gasteiger partial charge in [-0.3, -0.25) is 18.6 Å². The average Bonchev–Trinajstić information content (AvgIpc) is 3.41. The Bertz CT molecular complexity index is 2080. The molecule has 4 N–H and O–H groups in total. The van der Waals surface area contributed by atoms with Gasteiger partial charge in [-0.25, -0.2) is 16.8 Å². The molecule has 14 heteroatoms. The van der Waals surface area contributed by atoms with Crippen LogP contribution >= 0.6 is 0 Å². The van der Waals surface area contributed by atoms with Crippen LogP contribution in [0.2, 0.25) is 0 Å². The van der Waals surface area contributed by atoms with E-state index in [1.165, 1.54) is 12.1 Å². The third kappa shape index (κ3) is 7.20. The van der Waals surface area contributed by atoms with Crippen molar-refractivity contribution >= 4 is 65.9 Å². The Labute approximate surface area is 279 Å². The summed E-state index contributed by atoms with van der Waals surface area (Å²) in [7, 11) is -7.77. The van der Waals surface area contributed by atoms with Gasteiger partial charge in [0.1, 0.15) is 6.54 Å². The molecule has 0 atom stereocenters. The molecule has 0 saturated carbocycles. The lowest BCUT2D eigenvalue weighted by Gasteiger charge is -2.30. The summed E-state index contributed by atoms with van der Waals surface area (Å²) in [5, 5.41) is 9.31. The summed E-state index contributed by atoms with van der Waals surface area (Å²) >= 11 is 0. The van der Waals surface area contributed by atoms with Gasteiger partial charge in [0, 0.05) is 48.8 Å². The zero-order valence-electron chi connectivity index (χ0n) is 26.0. The summed E-state index contributed by atoms with van der Waals surface area (Å²) in [5.74, 6) is -0.709. The summed E-state index contributed by atoms with van der Waals surface area (Å²) in [4.78, 5) is 28.1. The number of carbonyl (C=O) groups is 2. The summed E-state index contributed by atoms with van der Waals surface area (Å²) in [6.07, 6.45) is 1.06. The number of piperazine rings is 1. The molecule has 6 rings (SSSR count). The Morgan fingerprint density at radius 2 is 1.48 bits per heavy atom. The fraction of sp³-hybridized carbons (Fsp3) is 0.176. The number of anilines is 4. The molecule has 0 spiro atoms. The van der Waals surface area contributed by atoms with E-state index in [0.717, 1.165) is 10.6 Å². The minimum absolute atomic E-state index is 0.0212. The SMILES string of the molecule is CS(=O)(=O)N(CC(=O)N1CCNCC1)c1ccc(NC(=C2C(=O)Nc3ccc(S(=O)(=O)Nc4ccccc4)cc32)c2ccccc2)cc1. The Kier molecular flexibility index (Phi) is 9.22. The van der Waals surface area contributed by atoms with Crippen LogP contribution in [0.15, 0.2) is 108 Å². The highest BCUT2D eigenvalue weighted by Crippen LogP contribution is 2.39. The Hall–Kier alpha value is -5.18. The predicted molar refractivity (Wildman–Crippen MR) is 187 cm³/mol. The van der Waals surface area contributed by atoms with Gasteiger partial charge in [0.15, 0.2) is 0 Å². The monoisotopic (exact) mass is 686 g/mol. The van der Waals surface area contributed by atoms with Crippen LogP contribution in [0.4, 0.5) is 22.7 Å². The number of sulfonamides is 2. The van der Waals surface area contributed by atoms with Crippen molar-refractivity contribution in [2.24, 2.45) is 0 Å². The van der Waals surface area contributed by atoms with E-state index in [9.17, 15) is 26.4 Å². The van der Waals surface area contributed by atoms with Crippen LogP contribution in [0.25, 0.3) is 11.3 Å². The minimum Gasteiger partial charge on any atom is -0.354 e. The number of hydrogen-bond donors (Lipinski definition) is 4. The van der Waals surface area contributed by atoms with E-state index in [-0.39, 0.29) is 22.9 Å². The van der Waals surface area contributed by atoms with Crippen molar-refractivity contribution in [3.05, 3.63) is 114 Å². The van der Waals surface area contributed by atoms with Gasteiger partial charge in [-0.1, -0.05) is 48.5 Å². The van der Waals surface area contributed by atoms with Crippen LogP contribution in [-0.4, -0.2) is 72.5 Å². The minimum atomic E-state index is -3.98. The molecule has 0 radical (unpaired) electrons. The predicted octanol–water partition coefficient (Wildman–Crippen LogP) is 3.62. The zero-order valence-corrected chi connectivity index (χ0v) is 27.6. The normalized spacial score (nSPS) is 15.7. The van der Waals surface area contributed by atoms with E-state index in [1.54, 1.807) is 65.6 Å². The maximum Gasteiger partial charge on any atom is 0.261 e. The molecule has 0 aliphatic carbocycles. The van der Waals surface area contributed by atoms with Gasteiger partial charge < -0.3 is 20.9 Å². The van der Waals surface area contributed by atoms with Crippen molar-refractivity contribution in [3.63, 3.8) is 0 Å². The number of rotatable bonds is 10.